The van der Waals surface area contributed by atoms with Gasteiger partial charge in [-0.1, -0.05) is 58.7 Å². The number of hydrogen-bond acceptors (Lipinski definition) is 2. The normalized spacial score (nSPS) is 12.3. The molecular weight excluding hydrogens is 342 g/mol. The zero-order valence-electron chi connectivity index (χ0n) is 12.6. The SMILES string of the molecule is CCCNC(CSc1cccc(Br)c1)c1ccc(C)cc1. The molecule has 0 amide bonds. The maximum atomic E-state index is 3.66. The van der Waals surface area contributed by atoms with Crippen molar-refractivity contribution >= 4 is 27.7 Å². The first-order valence-corrected chi connectivity index (χ1v) is 9.15. The average molecular weight is 364 g/mol. The van der Waals surface area contributed by atoms with E-state index in [4.69, 9.17) is 0 Å². The number of benzene rings is 2. The second-order valence-electron chi connectivity index (χ2n) is 5.19. The van der Waals surface area contributed by atoms with Crippen LogP contribution in [-0.2, 0) is 0 Å². The molecule has 0 aromatic heterocycles. The van der Waals surface area contributed by atoms with Crippen molar-refractivity contribution in [2.45, 2.75) is 31.2 Å². The van der Waals surface area contributed by atoms with Gasteiger partial charge in [-0.2, -0.15) is 0 Å². The second-order valence-corrected chi connectivity index (χ2v) is 7.19. The molecule has 0 heterocycles. The van der Waals surface area contributed by atoms with Gasteiger partial charge in [-0.05, 0) is 43.7 Å². The van der Waals surface area contributed by atoms with E-state index in [9.17, 15) is 0 Å². The van der Waals surface area contributed by atoms with Crippen molar-refractivity contribution in [3.63, 3.8) is 0 Å². The fourth-order valence-corrected chi connectivity index (χ4v) is 3.73. The molecule has 3 heteroatoms. The van der Waals surface area contributed by atoms with Crippen LogP contribution in [-0.4, -0.2) is 12.3 Å². The van der Waals surface area contributed by atoms with Gasteiger partial charge in [0.2, 0.25) is 0 Å². The zero-order valence-corrected chi connectivity index (χ0v) is 15.0. The monoisotopic (exact) mass is 363 g/mol. The van der Waals surface area contributed by atoms with Gasteiger partial charge in [-0.15, -0.1) is 11.8 Å². The van der Waals surface area contributed by atoms with Gasteiger partial charge >= 0.3 is 0 Å². The highest BCUT2D eigenvalue weighted by Crippen LogP contribution is 2.27. The molecular formula is C18H22BrNS. The molecule has 0 aliphatic carbocycles. The van der Waals surface area contributed by atoms with Crippen LogP contribution in [0.25, 0.3) is 0 Å². The lowest BCUT2D eigenvalue weighted by atomic mass is 10.1. The summed E-state index contributed by atoms with van der Waals surface area (Å²) in [5.41, 5.74) is 2.68. The fourth-order valence-electron chi connectivity index (χ4n) is 2.13. The van der Waals surface area contributed by atoms with Crippen LogP contribution in [0.1, 0.15) is 30.5 Å². The molecule has 0 fully saturated rings. The van der Waals surface area contributed by atoms with Crippen molar-refractivity contribution in [1.29, 1.82) is 0 Å². The quantitative estimate of drug-likeness (QED) is 0.643. The van der Waals surface area contributed by atoms with E-state index in [1.807, 2.05) is 11.8 Å². The Labute approximate surface area is 140 Å². The molecule has 2 aromatic carbocycles. The molecule has 1 nitrogen and oxygen atoms in total. The molecule has 0 aliphatic rings. The van der Waals surface area contributed by atoms with Crippen molar-refractivity contribution in [2.75, 3.05) is 12.3 Å². The molecule has 0 bridgehead atoms. The van der Waals surface area contributed by atoms with Crippen LogP contribution < -0.4 is 5.32 Å². The van der Waals surface area contributed by atoms with Crippen molar-refractivity contribution < 1.29 is 0 Å². The van der Waals surface area contributed by atoms with E-state index in [2.05, 4.69) is 83.6 Å². The summed E-state index contributed by atoms with van der Waals surface area (Å²) < 4.78 is 1.14. The summed E-state index contributed by atoms with van der Waals surface area (Å²) in [4.78, 5) is 1.31. The molecule has 0 saturated carbocycles. The highest BCUT2D eigenvalue weighted by Gasteiger charge is 2.11. The smallest absolute Gasteiger partial charge is 0.0415 e. The number of hydrogen-bond donors (Lipinski definition) is 1. The second kappa shape index (κ2) is 8.62. The van der Waals surface area contributed by atoms with Gasteiger partial charge in [-0.3, -0.25) is 0 Å². The number of halogens is 1. The Kier molecular flexibility index (Phi) is 6.81. The lowest BCUT2D eigenvalue weighted by Crippen LogP contribution is -2.24. The number of rotatable bonds is 7. The van der Waals surface area contributed by atoms with Crippen molar-refractivity contribution in [2.24, 2.45) is 0 Å². The van der Waals surface area contributed by atoms with Crippen LogP contribution in [0.3, 0.4) is 0 Å². The molecule has 1 atom stereocenters. The Morgan fingerprint density at radius 1 is 1.14 bits per heavy atom. The van der Waals surface area contributed by atoms with E-state index in [0.29, 0.717) is 6.04 Å². The summed E-state index contributed by atoms with van der Waals surface area (Å²) in [5.74, 6) is 1.04. The van der Waals surface area contributed by atoms with E-state index in [1.54, 1.807) is 0 Å². The van der Waals surface area contributed by atoms with Gasteiger partial charge in [0.1, 0.15) is 0 Å². The van der Waals surface area contributed by atoms with E-state index in [-0.39, 0.29) is 0 Å². The van der Waals surface area contributed by atoms with Crippen LogP contribution in [0, 0.1) is 6.92 Å². The lowest BCUT2D eigenvalue weighted by Gasteiger charge is -2.19. The molecule has 112 valence electrons. The minimum Gasteiger partial charge on any atom is -0.309 e. The minimum absolute atomic E-state index is 0.398. The first kappa shape index (κ1) is 16.6. The lowest BCUT2D eigenvalue weighted by molar-refractivity contribution is 0.577. The number of thioether (sulfide) groups is 1. The van der Waals surface area contributed by atoms with Gasteiger partial charge < -0.3 is 5.32 Å². The predicted octanol–water partition coefficient (Wildman–Crippen LogP) is 5.59. The largest absolute Gasteiger partial charge is 0.309 e. The summed E-state index contributed by atoms with van der Waals surface area (Å²) in [7, 11) is 0. The Bertz CT molecular complexity index is 553. The molecule has 0 spiro atoms. The Balaban J connectivity index is 2.04. The maximum Gasteiger partial charge on any atom is 0.0415 e. The third kappa shape index (κ3) is 5.50. The molecule has 1 N–H and O–H groups in total. The molecule has 0 saturated heterocycles. The molecule has 2 rings (SSSR count). The topological polar surface area (TPSA) is 12.0 Å². The van der Waals surface area contributed by atoms with E-state index >= 15 is 0 Å². The Morgan fingerprint density at radius 2 is 1.90 bits per heavy atom. The zero-order chi connectivity index (χ0) is 15.1. The maximum absolute atomic E-state index is 3.66. The minimum atomic E-state index is 0.398. The Morgan fingerprint density at radius 3 is 2.57 bits per heavy atom. The summed E-state index contributed by atoms with van der Waals surface area (Å²) in [6, 6.07) is 17.8. The third-order valence-corrected chi connectivity index (χ3v) is 4.91. The van der Waals surface area contributed by atoms with Crippen LogP contribution >= 0.6 is 27.7 Å². The van der Waals surface area contributed by atoms with E-state index in [0.717, 1.165) is 23.2 Å². The molecule has 0 aliphatic heterocycles. The van der Waals surface area contributed by atoms with E-state index in [1.165, 1.54) is 16.0 Å². The fraction of sp³-hybridized carbons (Fsp3) is 0.333. The average Bonchev–Trinajstić information content (AvgIpc) is 2.49. The molecule has 0 radical (unpaired) electrons. The number of nitrogens with one attached hydrogen (secondary N) is 1. The van der Waals surface area contributed by atoms with Crippen LogP contribution in [0.5, 0.6) is 0 Å². The highest BCUT2D eigenvalue weighted by atomic mass is 79.9. The van der Waals surface area contributed by atoms with Gasteiger partial charge in [0.15, 0.2) is 0 Å². The first-order valence-electron chi connectivity index (χ1n) is 7.37. The molecule has 2 aromatic rings. The third-order valence-electron chi connectivity index (χ3n) is 3.33. The standard InChI is InChI=1S/C18H22BrNS/c1-3-11-20-18(15-9-7-14(2)8-10-15)13-21-17-6-4-5-16(19)12-17/h4-10,12,18,20H,3,11,13H2,1-2H3. The van der Waals surface area contributed by atoms with Crippen LogP contribution in [0.4, 0.5) is 0 Å². The number of aryl methyl sites for hydroxylation is 1. The van der Waals surface area contributed by atoms with Crippen molar-refractivity contribution in [1.82, 2.24) is 5.32 Å². The predicted molar refractivity (Wildman–Crippen MR) is 97.1 cm³/mol. The van der Waals surface area contributed by atoms with E-state index < -0.39 is 0 Å². The summed E-state index contributed by atoms with van der Waals surface area (Å²) in [5, 5.41) is 3.66. The van der Waals surface area contributed by atoms with Gasteiger partial charge in [0.05, 0.1) is 0 Å². The van der Waals surface area contributed by atoms with Crippen molar-refractivity contribution in [3.8, 4) is 0 Å². The molecule has 1 unspecified atom stereocenters. The van der Waals surface area contributed by atoms with Crippen molar-refractivity contribution in [3.05, 3.63) is 64.1 Å². The van der Waals surface area contributed by atoms with Crippen LogP contribution in [0.2, 0.25) is 0 Å². The summed E-state index contributed by atoms with van der Waals surface area (Å²) >= 11 is 5.43. The van der Waals surface area contributed by atoms with Gasteiger partial charge in [0, 0.05) is 21.2 Å². The van der Waals surface area contributed by atoms with Gasteiger partial charge in [0.25, 0.3) is 0 Å². The molecule has 21 heavy (non-hydrogen) atoms. The Hall–Kier alpha value is -0.770. The summed E-state index contributed by atoms with van der Waals surface area (Å²) in [6.07, 6.45) is 1.16. The first-order chi connectivity index (χ1) is 10.2. The summed E-state index contributed by atoms with van der Waals surface area (Å²) in [6.45, 7) is 5.40. The highest BCUT2D eigenvalue weighted by molar-refractivity contribution is 9.10. The van der Waals surface area contributed by atoms with Gasteiger partial charge in [-0.25, -0.2) is 0 Å². The van der Waals surface area contributed by atoms with Crippen LogP contribution in [0.15, 0.2) is 57.9 Å².